The van der Waals surface area contributed by atoms with Gasteiger partial charge in [-0.2, -0.15) is 0 Å². The lowest BCUT2D eigenvalue weighted by atomic mass is 10.4. The van der Waals surface area contributed by atoms with Crippen molar-refractivity contribution in [1.29, 1.82) is 0 Å². The molecule has 4 heteroatoms. The van der Waals surface area contributed by atoms with Crippen LogP contribution in [0, 0.1) is 12.3 Å². The average molecular weight is 176 g/mol. The van der Waals surface area contributed by atoms with Crippen LogP contribution >= 0.6 is 0 Å². The predicted molar refractivity (Wildman–Crippen MR) is 53.2 cm³/mol. The molecule has 1 aromatic rings. The Morgan fingerprint density at radius 2 is 2.38 bits per heavy atom. The summed E-state index contributed by atoms with van der Waals surface area (Å²) in [6, 6.07) is 0. The van der Waals surface area contributed by atoms with Gasteiger partial charge in [-0.25, -0.2) is 4.98 Å². The lowest BCUT2D eigenvalue weighted by Gasteiger charge is -2.18. The number of rotatable bonds is 3. The summed E-state index contributed by atoms with van der Waals surface area (Å²) in [6.07, 6.45) is 8.37. The van der Waals surface area contributed by atoms with E-state index in [1.54, 1.807) is 6.20 Å². The lowest BCUT2D eigenvalue weighted by Crippen LogP contribution is -2.24. The van der Waals surface area contributed by atoms with Crippen LogP contribution in [0.5, 0.6) is 0 Å². The van der Waals surface area contributed by atoms with E-state index >= 15 is 0 Å². The molecule has 0 radical (unpaired) electrons. The Kier molecular flexibility index (Phi) is 3.09. The van der Waals surface area contributed by atoms with Gasteiger partial charge in [0, 0.05) is 6.54 Å². The third kappa shape index (κ3) is 2.34. The maximum atomic E-state index is 5.50. The molecule has 0 atom stereocenters. The van der Waals surface area contributed by atoms with Crippen LogP contribution < -0.4 is 10.6 Å². The van der Waals surface area contributed by atoms with Crippen molar-refractivity contribution in [2.75, 3.05) is 23.7 Å². The van der Waals surface area contributed by atoms with Gasteiger partial charge in [-0.3, -0.25) is 4.98 Å². The topological polar surface area (TPSA) is 55.0 Å². The molecule has 1 rings (SSSR count). The summed E-state index contributed by atoms with van der Waals surface area (Å²) >= 11 is 0. The minimum Gasteiger partial charge on any atom is -0.382 e. The van der Waals surface area contributed by atoms with Crippen LogP contribution in [-0.2, 0) is 0 Å². The van der Waals surface area contributed by atoms with Crippen molar-refractivity contribution in [3.8, 4) is 12.3 Å². The summed E-state index contributed by atoms with van der Waals surface area (Å²) < 4.78 is 0. The summed E-state index contributed by atoms with van der Waals surface area (Å²) in [4.78, 5) is 9.97. The zero-order valence-electron chi connectivity index (χ0n) is 7.57. The van der Waals surface area contributed by atoms with Crippen LogP contribution in [0.15, 0.2) is 12.4 Å². The minimum atomic E-state index is 0.410. The Morgan fingerprint density at radius 1 is 1.62 bits per heavy atom. The quantitative estimate of drug-likeness (QED) is 0.682. The van der Waals surface area contributed by atoms with Crippen molar-refractivity contribution >= 4 is 11.6 Å². The SMILES string of the molecule is C#CCN(CC)c1cncc(N)n1. The summed E-state index contributed by atoms with van der Waals surface area (Å²) in [5.74, 6) is 3.69. The van der Waals surface area contributed by atoms with Gasteiger partial charge >= 0.3 is 0 Å². The highest BCUT2D eigenvalue weighted by molar-refractivity contribution is 5.42. The van der Waals surface area contributed by atoms with Crippen molar-refractivity contribution < 1.29 is 0 Å². The first-order chi connectivity index (χ1) is 6.27. The number of terminal acetylenes is 1. The molecule has 1 aromatic heterocycles. The first-order valence-electron chi connectivity index (χ1n) is 4.04. The number of aromatic nitrogens is 2. The van der Waals surface area contributed by atoms with Gasteiger partial charge in [0.1, 0.15) is 11.6 Å². The van der Waals surface area contributed by atoms with Crippen LogP contribution in [0.4, 0.5) is 11.6 Å². The second kappa shape index (κ2) is 4.31. The van der Waals surface area contributed by atoms with Crippen molar-refractivity contribution in [2.45, 2.75) is 6.92 Å². The predicted octanol–water partition coefficient (Wildman–Crippen LogP) is 0.518. The summed E-state index contributed by atoms with van der Waals surface area (Å²) in [5.41, 5.74) is 5.50. The molecule has 4 nitrogen and oxygen atoms in total. The molecule has 0 aliphatic carbocycles. The molecule has 0 aliphatic rings. The number of nitrogens with zero attached hydrogens (tertiary/aromatic N) is 3. The van der Waals surface area contributed by atoms with E-state index in [0.717, 1.165) is 12.4 Å². The Labute approximate surface area is 77.8 Å². The normalized spacial score (nSPS) is 9.23. The molecule has 0 spiro atoms. The molecular weight excluding hydrogens is 164 g/mol. The smallest absolute Gasteiger partial charge is 0.150 e. The van der Waals surface area contributed by atoms with Crippen LogP contribution in [0.25, 0.3) is 0 Å². The second-order valence-electron chi connectivity index (χ2n) is 2.52. The van der Waals surface area contributed by atoms with Crippen LogP contribution in [-0.4, -0.2) is 23.1 Å². The van der Waals surface area contributed by atoms with Gasteiger partial charge in [0.2, 0.25) is 0 Å². The monoisotopic (exact) mass is 176 g/mol. The zero-order valence-corrected chi connectivity index (χ0v) is 7.57. The zero-order chi connectivity index (χ0) is 9.68. The Hall–Kier alpha value is -1.76. The van der Waals surface area contributed by atoms with E-state index in [1.165, 1.54) is 6.20 Å². The van der Waals surface area contributed by atoms with Crippen molar-refractivity contribution in [3.05, 3.63) is 12.4 Å². The number of hydrogen-bond donors (Lipinski definition) is 1. The molecule has 0 amide bonds. The van der Waals surface area contributed by atoms with E-state index in [1.807, 2.05) is 11.8 Å². The summed E-state index contributed by atoms with van der Waals surface area (Å²) in [6.45, 7) is 3.32. The van der Waals surface area contributed by atoms with E-state index in [0.29, 0.717) is 12.4 Å². The number of nitrogens with two attached hydrogens (primary N) is 1. The van der Waals surface area contributed by atoms with Gasteiger partial charge in [-0.1, -0.05) is 5.92 Å². The molecule has 0 saturated carbocycles. The van der Waals surface area contributed by atoms with E-state index in [2.05, 4.69) is 15.9 Å². The maximum Gasteiger partial charge on any atom is 0.150 e. The highest BCUT2D eigenvalue weighted by Crippen LogP contribution is 2.09. The van der Waals surface area contributed by atoms with Gasteiger partial charge in [0.05, 0.1) is 18.9 Å². The maximum absolute atomic E-state index is 5.50. The number of nitrogen functional groups attached to an aromatic ring is 1. The highest BCUT2D eigenvalue weighted by Gasteiger charge is 2.03. The van der Waals surface area contributed by atoms with E-state index < -0.39 is 0 Å². The molecule has 0 aliphatic heterocycles. The van der Waals surface area contributed by atoms with Gasteiger partial charge < -0.3 is 10.6 Å². The van der Waals surface area contributed by atoms with Crippen LogP contribution in [0.2, 0.25) is 0 Å². The lowest BCUT2D eigenvalue weighted by molar-refractivity contribution is 0.887. The van der Waals surface area contributed by atoms with Crippen molar-refractivity contribution in [3.63, 3.8) is 0 Å². The molecule has 0 aromatic carbocycles. The molecule has 13 heavy (non-hydrogen) atoms. The summed E-state index contributed by atoms with van der Waals surface area (Å²) in [7, 11) is 0. The fourth-order valence-electron chi connectivity index (χ4n) is 0.988. The molecule has 0 saturated heterocycles. The van der Waals surface area contributed by atoms with E-state index in [4.69, 9.17) is 12.2 Å². The molecule has 0 fully saturated rings. The van der Waals surface area contributed by atoms with Gasteiger partial charge in [-0.15, -0.1) is 6.42 Å². The molecular formula is C9H12N4. The van der Waals surface area contributed by atoms with Crippen molar-refractivity contribution in [1.82, 2.24) is 9.97 Å². The van der Waals surface area contributed by atoms with E-state index in [9.17, 15) is 0 Å². The van der Waals surface area contributed by atoms with E-state index in [-0.39, 0.29) is 0 Å². The van der Waals surface area contributed by atoms with Crippen molar-refractivity contribution in [2.24, 2.45) is 0 Å². The average Bonchev–Trinajstić information content (AvgIpc) is 2.14. The minimum absolute atomic E-state index is 0.410. The first-order valence-corrected chi connectivity index (χ1v) is 4.04. The largest absolute Gasteiger partial charge is 0.382 e. The molecule has 0 bridgehead atoms. The second-order valence-corrected chi connectivity index (χ2v) is 2.52. The Balaban J connectivity index is 2.86. The fraction of sp³-hybridized carbons (Fsp3) is 0.333. The third-order valence-electron chi connectivity index (χ3n) is 1.63. The standard InChI is InChI=1S/C9H12N4/c1-3-5-13(4-2)9-7-11-6-8(10)12-9/h1,6-7H,4-5H2,2H3,(H2,10,12). The summed E-state index contributed by atoms with van der Waals surface area (Å²) in [5, 5.41) is 0. The molecule has 68 valence electrons. The first kappa shape index (κ1) is 9.33. The number of anilines is 2. The Morgan fingerprint density at radius 3 is 2.92 bits per heavy atom. The highest BCUT2D eigenvalue weighted by atomic mass is 15.2. The third-order valence-corrected chi connectivity index (χ3v) is 1.63. The van der Waals surface area contributed by atoms with Crippen LogP contribution in [0.3, 0.4) is 0 Å². The van der Waals surface area contributed by atoms with Gasteiger partial charge in [0.25, 0.3) is 0 Å². The fourth-order valence-corrected chi connectivity index (χ4v) is 0.988. The molecule has 1 heterocycles. The molecule has 0 unspecified atom stereocenters. The number of hydrogen-bond acceptors (Lipinski definition) is 4. The van der Waals surface area contributed by atoms with Gasteiger partial charge in [0.15, 0.2) is 0 Å². The van der Waals surface area contributed by atoms with Gasteiger partial charge in [-0.05, 0) is 6.92 Å². The molecule has 2 N–H and O–H groups in total. The Bertz CT molecular complexity index is 316. The van der Waals surface area contributed by atoms with Crippen LogP contribution in [0.1, 0.15) is 6.92 Å².